The second-order valence-corrected chi connectivity index (χ2v) is 7.61. The molecule has 32 heavy (non-hydrogen) atoms. The molecule has 1 atom stereocenters. The molecule has 8 nitrogen and oxygen atoms in total. The van der Waals surface area contributed by atoms with E-state index in [1.54, 1.807) is 19.1 Å². The maximum Gasteiger partial charge on any atom is 0.313 e. The van der Waals surface area contributed by atoms with E-state index in [0.717, 1.165) is 11.1 Å². The SMILES string of the molecule is Cc1ccc([N+](=O)[O-])cc1NC(=O)C(=O)NCC(C)(O)c1ccc(-c2ccccc2)cc1. The number of aliphatic hydroxyl groups is 1. The molecular weight excluding hydrogens is 410 g/mol. The van der Waals surface area contributed by atoms with E-state index in [0.29, 0.717) is 11.1 Å². The zero-order chi connectivity index (χ0) is 23.3. The van der Waals surface area contributed by atoms with E-state index >= 15 is 0 Å². The normalized spacial score (nSPS) is 12.5. The third-order valence-electron chi connectivity index (χ3n) is 5.09. The highest BCUT2D eigenvalue weighted by atomic mass is 16.6. The van der Waals surface area contributed by atoms with E-state index in [-0.39, 0.29) is 17.9 Å². The maximum atomic E-state index is 12.2. The van der Waals surface area contributed by atoms with E-state index in [2.05, 4.69) is 10.6 Å². The summed E-state index contributed by atoms with van der Waals surface area (Å²) in [5, 5.41) is 26.5. The molecule has 3 N–H and O–H groups in total. The van der Waals surface area contributed by atoms with Crippen molar-refractivity contribution >= 4 is 23.2 Å². The van der Waals surface area contributed by atoms with Crippen LogP contribution in [0.1, 0.15) is 18.1 Å². The maximum absolute atomic E-state index is 12.2. The van der Waals surface area contributed by atoms with Crippen LogP contribution in [0.4, 0.5) is 11.4 Å². The number of nitrogens with one attached hydrogen (secondary N) is 2. The molecule has 0 radical (unpaired) electrons. The number of nitro groups is 1. The summed E-state index contributed by atoms with van der Waals surface area (Å²) in [5.41, 5.74) is 1.73. The molecule has 0 heterocycles. The Morgan fingerprint density at radius 2 is 1.59 bits per heavy atom. The number of nitro benzene ring substituents is 1. The predicted octanol–water partition coefficient (Wildman–Crippen LogP) is 3.53. The van der Waals surface area contributed by atoms with E-state index in [1.807, 2.05) is 42.5 Å². The van der Waals surface area contributed by atoms with Gasteiger partial charge >= 0.3 is 11.8 Å². The molecule has 3 rings (SSSR count). The van der Waals surface area contributed by atoms with Crippen molar-refractivity contribution in [2.75, 3.05) is 11.9 Å². The molecule has 8 heteroatoms. The molecule has 0 aliphatic heterocycles. The minimum absolute atomic E-state index is 0.169. The molecule has 164 valence electrons. The van der Waals surface area contributed by atoms with Gasteiger partial charge in [0.25, 0.3) is 5.69 Å². The number of hydrogen-bond donors (Lipinski definition) is 3. The first-order valence-electron chi connectivity index (χ1n) is 9.90. The fourth-order valence-corrected chi connectivity index (χ4v) is 3.12. The van der Waals surface area contributed by atoms with Crippen molar-refractivity contribution in [3.8, 4) is 11.1 Å². The highest BCUT2D eigenvalue weighted by Gasteiger charge is 2.26. The third-order valence-corrected chi connectivity index (χ3v) is 5.09. The average molecular weight is 433 g/mol. The number of benzene rings is 3. The van der Waals surface area contributed by atoms with Gasteiger partial charge in [-0.1, -0.05) is 60.7 Å². The summed E-state index contributed by atoms with van der Waals surface area (Å²) in [6.07, 6.45) is 0. The quantitative estimate of drug-likeness (QED) is 0.312. The van der Waals surface area contributed by atoms with E-state index < -0.39 is 22.3 Å². The fourth-order valence-electron chi connectivity index (χ4n) is 3.12. The Kier molecular flexibility index (Phi) is 6.65. The van der Waals surface area contributed by atoms with Crippen LogP contribution in [0.5, 0.6) is 0 Å². The fraction of sp³-hybridized carbons (Fsp3) is 0.167. The summed E-state index contributed by atoms with van der Waals surface area (Å²) in [4.78, 5) is 34.8. The lowest BCUT2D eigenvalue weighted by Crippen LogP contribution is -2.43. The van der Waals surface area contributed by atoms with Crippen LogP contribution in [0.3, 0.4) is 0 Å². The first kappa shape index (κ1) is 22.6. The molecule has 0 fully saturated rings. The van der Waals surface area contributed by atoms with Gasteiger partial charge in [-0.3, -0.25) is 19.7 Å². The van der Waals surface area contributed by atoms with Crippen molar-refractivity contribution in [3.05, 3.63) is 94.0 Å². The van der Waals surface area contributed by atoms with Crippen LogP contribution < -0.4 is 10.6 Å². The molecule has 0 saturated heterocycles. The Morgan fingerprint density at radius 3 is 2.22 bits per heavy atom. The van der Waals surface area contributed by atoms with Crippen molar-refractivity contribution in [2.45, 2.75) is 19.4 Å². The van der Waals surface area contributed by atoms with Crippen LogP contribution in [0, 0.1) is 17.0 Å². The molecule has 3 aromatic rings. The van der Waals surface area contributed by atoms with Crippen LogP contribution >= 0.6 is 0 Å². The molecule has 0 spiro atoms. The van der Waals surface area contributed by atoms with E-state index in [9.17, 15) is 24.8 Å². The minimum Gasteiger partial charge on any atom is -0.384 e. The van der Waals surface area contributed by atoms with Gasteiger partial charge in [0.1, 0.15) is 5.60 Å². The number of hydrogen-bond acceptors (Lipinski definition) is 5. The van der Waals surface area contributed by atoms with E-state index in [4.69, 9.17) is 0 Å². The molecule has 0 aliphatic rings. The summed E-state index contributed by atoms with van der Waals surface area (Å²) in [6, 6.07) is 21.0. The van der Waals surface area contributed by atoms with Gasteiger partial charge in [0.05, 0.1) is 17.2 Å². The number of non-ortho nitro benzene ring substituents is 1. The van der Waals surface area contributed by atoms with E-state index in [1.165, 1.54) is 25.1 Å². The molecule has 3 aromatic carbocycles. The van der Waals surface area contributed by atoms with Gasteiger partial charge in [-0.05, 0) is 36.1 Å². The molecule has 1 unspecified atom stereocenters. The van der Waals surface area contributed by atoms with Gasteiger partial charge in [-0.25, -0.2) is 0 Å². The first-order chi connectivity index (χ1) is 15.2. The Hall–Kier alpha value is -4.04. The van der Waals surface area contributed by atoms with Crippen molar-refractivity contribution in [2.24, 2.45) is 0 Å². The van der Waals surface area contributed by atoms with Crippen LogP contribution in [0.15, 0.2) is 72.8 Å². The van der Waals surface area contributed by atoms with Gasteiger partial charge in [0.2, 0.25) is 0 Å². The van der Waals surface area contributed by atoms with Crippen molar-refractivity contribution in [3.63, 3.8) is 0 Å². The molecular formula is C24H23N3O5. The lowest BCUT2D eigenvalue weighted by Gasteiger charge is -2.24. The molecule has 0 bridgehead atoms. The Labute approximate surface area is 185 Å². The summed E-state index contributed by atoms with van der Waals surface area (Å²) in [6.45, 7) is 2.99. The summed E-state index contributed by atoms with van der Waals surface area (Å²) in [5.74, 6) is -1.94. The summed E-state index contributed by atoms with van der Waals surface area (Å²) >= 11 is 0. The topological polar surface area (TPSA) is 122 Å². The van der Waals surface area contributed by atoms with Gasteiger partial charge in [0, 0.05) is 12.1 Å². The van der Waals surface area contributed by atoms with Gasteiger partial charge in [-0.2, -0.15) is 0 Å². The molecule has 0 aromatic heterocycles. The minimum atomic E-state index is -1.41. The number of anilines is 1. The summed E-state index contributed by atoms with van der Waals surface area (Å²) in [7, 11) is 0. The zero-order valence-corrected chi connectivity index (χ0v) is 17.7. The van der Waals surface area contributed by atoms with Gasteiger partial charge in [0.15, 0.2) is 0 Å². The lowest BCUT2D eigenvalue weighted by molar-refractivity contribution is -0.384. The van der Waals surface area contributed by atoms with Crippen LogP contribution in [0.25, 0.3) is 11.1 Å². The van der Waals surface area contributed by atoms with Crippen molar-refractivity contribution in [1.82, 2.24) is 5.32 Å². The van der Waals surface area contributed by atoms with Crippen LogP contribution in [-0.4, -0.2) is 28.4 Å². The second-order valence-electron chi connectivity index (χ2n) is 7.61. The molecule has 0 saturated carbocycles. The van der Waals surface area contributed by atoms with Crippen LogP contribution in [-0.2, 0) is 15.2 Å². The number of nitrogens with zero attached hydrogens (tertiary/aromatic N) is 1. The van der Waals surface area contributed by atoms with Gasteiger partial charge < -0.3 is 15.7 Å². The monoisotopic (exact) mass is 433 g/mol. The highest BCUT2D eigenvalue weighted by molar-refractivity contribution is 6.39. The Morgan fingerprint density at radius 1 is 0.969 bits per heavy atom. The number of carbonyl (C=O) groups is 2. The molecule has 2 amide bonds. The number of amides is 2. The number of carbonyl (C=O) groups excluding carboxylic acids is 2. The van der Waals surface area contributed by atoms with Crippen LogP contribution in [0.2, 0.25) is 0 Å². The predicted molar refractivity (Wildman–Crippen MR) is 121 cm³/mol. The standard InChI is InChI=1S/C24H23N3O5/c1-16-8-13-20(27(31)32)14-21(16)26-23(29)22(28)25-15-24(2,30)19-11-9-18(10-12-19)17-6-4-3-5-7-17/h3-14,30H,15H2,1-2H3,(H,25,28)(H,26,29). The smallest absolute Gasteiger partial charge is 0.313 e. The second kappa shape index (κ2) is 9.40. The van der Waals surface area contributed by atoms with Crippen molar-refractivity contribution < 1.29 is 19.6 Å². The highest BCUT2D eigenvalue weighted by Crippen LogP contribution is 2.25. The zero-order valence-electron chi connectivity index (χ0n) is 17.7. The molecule has 0 aliphatic carbocycles. The summed E-state index contributed by atoms with van der Waals surface area (Å²) < 4.78 is 0. The average Bonchev–Trinajstić information content (AvgIpc) is 2.79. The Balaban J connectivity index is 1.62. The Bertz CT molecular complexity index is 1140. The largest absolute Gasteiger partial charge is 0.384 e. The number of aryl methyl sites for hydroxylation is 1. The lowest BCUT2D eigenvalue weighted by atomic mass is 9.93. The first-order valence-corrected chi connectivity index (χ1v) is 9.90. The van der Waals surface area contributed by atoms with Gasteiger partial charge in [-0.15, -0.1) is 0 Å². The number of rotatable bonds is 6. The third kappa shape index (κ3) is 5.35. The van der Waals surface area contributed by atoms with Crippen molar-refractivity contribution in [1.29, 1.82) is 0 Å².